The number of Topliss-reactive ketones (excluding diaryl/α,β-unsaturated/α-hetero) is 1. The first-order valence-electron chi connectivity index (χ1n) is 7.24. The van der Waals surface area contributed by atoms with Gasteiger partial charge in [0, 0.05) is 31.1 Å². The number of halogens is 2. The summed E-state index contributed by atoms with van der Waals surface area (Å²) >= 11 is 0. The van der Waals surface area contributed by atoms with Crippen molar-refractivity contribution in [3.63, 3.8) is 0 Å². The molecular formula is C15H23Cl2N3O3. The minimum absolute atomic E-state index is 0. The van der Waals surface area contributed by atoms with Crippen LogP contribution in [-0.2, 0) is 0 Å². The number of nitro groups is 1. The Balaban J connectivity index is 0.00000242. The quantitative estimate of drug-likeness (QED) is 0.493. The third-order valence-electron chi connectivity index (χ3n) is 4.23. The zero-order chi connectivity index (χ0) is 15.6. The lowest BCUT2D eigenvalue weighted by molar-refractivity contribution is -0.384. The van der Waals surface area contributed by atoms with Gasteiger partial charge in [-0.2, -0.15) is 0 Å². The van der Waals surface area contributed by atoms with Gasteiger partial charge in [0.2, 0.25) is 0 Å². The lowest BCUT2D eigenvalue weighted by Crippen LogP contribution is -2.23. The molecule has 1 aliphatic heterocycles. The maximum absolute atomic E-state index is 11.7. The van der Waals surface area contributed by atoms with Crippen molar-refractivity contribution in [2.75, 3.05) is 24.5 Å². The summed E-state index contributed by atoms with van der Waals surface area (Å²) in [5.41, 5.74) is 6.72. The fourth-order valence-corrected chi connectivity index (χ4v) is 2.85. The monoisotopic (exact) mass is 363 g/mol. The van der Waals surface area contributed by atoms with Gasteiger partial charge in [-0.15, -0.1) is 24.8 Å². The van der Waals surface area contributed by atoms with Gasteiger partial charge in [-0.25, -0.2) is 0 Å². The molecule has 0 aliphatic carbocycles. The number of nitro benzene ring substituents is 1. The average molecular weight is 364 g/mol. The van der Waals surface area contributed by atoms with Crippen LogP contribution in [0.15, 0.2) is 18.2 Å². The van der Waals surface area contributed by atoms with E-state index in [1.54, 1.807) is 19.1 Å². The largest absolute Gasteiger partial charge is 0.365 e. The Bertz CT molecular complexity index is 569. The second-order valence-electron chi connectivity index (χ2n) is 5.62. The second-order valence-corrected chi connectivity index (χ2v) is 5.62. The number of benzene rings is 1. The molecule has 8 heteroatoms. The van der Waals surface area contributed by atoms with E-state index in [1.165, 1.54) is 6.07 Å². The molecular weight excluding hydrogens is 341 g/mol. The van der Waals surface area contributed by atoms with Gasteiger partial charge in [-0.3, -0.25) is 14.9 Å². The van der Waals surface area contributed by atoms with Crippen molar-refractivity contribution < 1.29 is 9.72 Å². The molecule has 1 aromatic rings. The summed E-state index contributed by atoms with van der Waals surface area (Å²) in [6, 6.07) is 4.75. The van der Waals surface area contributed by atoms with E-state index < -0.39 is 4.92 Å². The van der Waals surface area contributed by atoms with Gasteiger partial charge in [-0.1, -0.05) is 13.8 Å². The molecule has 2 atom stereocenters. The summed E-state index contributed by atoms with van der Waals surface area (Å²) in [7, 11) is 0. The number of anilines is 1. The van der Waals surface area contributed by atoms with E-state index >= 15 is 0 Å². The Morgan fingerprint density at radius 2 is 2.04 bits per heavy atom. The minimum atomic E-state index is -0.414. The highest BCUT2D eigenvalue weighted by Gasteiger charge is 2.32. The van der Waals surface area contributed by atoms with Crippen molar-refractivity contribution in [1.29, 1.82) is 0 Å². The number of hydrogen-bond donors (Lipinski definition) is 1. The number of carbonyl (C=O) groups excluding carboxylic acids is 1. The second kappa shape index (κ2) is 9.05. The summed E-state index contributed by atoms with van der Waals surface area (Å²) in [6.07, 6.45) is 0.340. The standard InChI is InChI=1S/C15H21N3O3.2ClH/c1-3-15(19)11-4-5-13(14(6-11)18(20)21)17-8-10(2)12(7-16)9-17;;/h4-6,10,12H,3,7-9,16H2,1-2H3;2*1H. The molecule has 2 unspecified atom stereocenters. The van der Waals surface area contributed by atoms with Crippen LogP contribution in [0.4, 0.5) is 11.4 Å². The maximum atomic E-state index is 11.7. The van der Waals surface area contributed by atoms with Gasteiger partial charge in [0.15, 0.2) is 5.78 Å². The molecule has 0 amide bonds. The Hall–Kier alpha value is -1.37. The topological polar surface area (TPSA) is 89.5 Å². The molecule has 1 saturated heterocycles. The molecule has 0 radical (unpaired) electrons. The van der Waals surface area contributed by atoms with Gasteiger partial charge < -0.3 is 10.6 Å². The molecule has 0 spiro atoms. The van der Waals surface area contributed by atoms with Crippen LogP contribution in [0.5, 0.6) is 0 Å². The zero-order valence-corrected chi connectivity index (χ0v) is 14.9. The molecule has 1 aromatic carbocycles. The highest BCUT2D eigenvalue weighted by Crippen LogP contribution is 2.34. The van der Waals surface area contributed by atoms with Gasteiger partial charge in [0.05, 0.1) is 4.92 Å². The SMILES string of the molecule is CCC(=O)c1ccc(N2CC(C)C(CN)C2)c([N+](=O)[O-])c1.Cl.Cl. The molecule has 1 aliphatic rings. The fraction of sp³-hybridized carbons (Fsp3) is 0.533. The van der Waals surface area contributed by atoms with E-state index in [1.807, 2.05) is 4.90 Å². The Morgan fingerprint density at radius 3 is 2.52 bits per heavy atom. The van der Waals surface area contributed by atoms with E-state index in [9.17, 15) is 14.9 Å². The summed E-state index contributed by atoms with van der Waals surface area (Å²) < 4.78 is 0. The summed E-state index contributed by atoms with van der Waals surface area (Å²) in [6.45, 7) is 5.91. The predicted molar refractivity (Wildman–Crippen MR) is 96.1 cm³/mol. The van der Waals surface area contributed by atoms with Gasteiger partial charge in [0.25, 0.3) is 5.69 Å². The van der Waals surface area contributed by atoms with E-state index in [0.29, 0.717) is 36.1 Å². The highest BCUT2D eigenvalue weighted by molar-refractivity contribution is 5.97. The minimum Gasteiger partial charge on any atom is -0.365 e. The Morgan fingerprint density at radius 1 is 1.39 bits per heavy atom. The van der Waals surface area contributed by atoms with E-state index in [0.717, 1.165) is 13.1 Å². The predicted octanol–water partition coefficient (Wildman–Crippen LogP) is 3.06. The van der Waals surface area contributed by atoms with Gasteiger partial charge >= 0.3 is 0 Å². The number of hydrogen-bond acceptors (Lipinski definition) is 5. The van der Waals surface area contributed by atoms with Crippen LogP contribution >= 0.6 is 24.8 Å². The molecule has 2 rings (SSSR count). The van der Waals surface area contributed by atoms with Crippen molar-refractivity contribution in [2.45, 2.75) is 20.3 Å². The molecule has 1 heterocycles. The first-order valence-corrected chi connectivity index (χ1v) is 7.24. The smallest absolute Gasteiger partial charge is 0.293 e. The van der Waals surface area contributed by atoms with Crippen LogP contribution in [-0.4, -0.2) is 30.3 Å². The molecule has 0 bridgehead atoms. The molecule has 2 N–H and O–H groups in total. The Labute approximate surface area is 148 Å². The van der Waals surface area contributed by atoms with E-state index in [2.05, 4.69) is 6.92 Å². The van der Waals surface area contributed by atoms with Crippen molar-refractivity contribution in [3.8, 4) is 0 Å². The van der Waals surface area contributed by atoms with E-state index in [-0.39, 0.29) is 36.3 Å². The van der Waals surface area contributed by atoms with Crippen LogP contribution in [0.2, 0.25) is 0 Å². The van der Waals surface area contributed by atoms with Crippen LogP contribution in [0.25, 0.3) is 0 Å². The van der Waals surface area contributed by atoms with Crippen LogP contribution in [0, 0.1) is 22.0 Å². The van der Waals surface area contributed by atoms with Crippen LogP contribution < -0.4 is 10.6 Å². The third-order valence-corrected chi connectivity index (χ3v) is 4.23. The van der Waals surface area contributed by atoms with E-state index in [4.69, 9.17) is 5.73 Å². The molecule has 1 fully saturated rings. The van der Waals surface area contributed by atoms with Crippen LogP contribution in [0.3, 0.4) is 0 Å². The highest BCUT2D eigenvalue weighted by atomic mass is 35.5. The maximum Gasteiger partial charge on any atom is 0.293 e. The molecule has 6 nitrogen and oxygen atoms in total. The molecule has 130 valence electrons. The van der Waals surface area contributed by atoms with Crippen molar-refractivity contribution in [1.82, 2.24) is 0 Å². The van der Waals surface area contributed by atoms with Gasteiger partial charge in [0.1, 0.15) is 5.69 Å². The average Bonchev–Trinajstić information content (AvgIpc) is 2.86. The lowest BCUT2D eigenvalue weighted by atomic mass is 9.99. The number of carbonyl (C=O) groups is 1. The van der Waals surface area contributed by atoms with Crippen LogP contribution in [0.1, 0.15) is 30.6 Å². The van der Waals surface area contributed by atoms with Gasteiger partial charge in [-0.05, 0) is 30.5 Å². The van der Waals surface area contributed by atoms with Crippen molar-refractivity contribution >= 4 is 42.0 Å². The number of rotatable bonds is 5. The lowest BCUT2D eigenvalue weighted by Gasteiger charge is -2.18. The Kier molecular flexibility index (Phi) is 8.52. The van der Waals surface area contributed by atoms with Crippen molar-refractivity contribution in [3.05, 3.63) is 33.9 Å². The number of nitrogens with two attached hydrogens (primary N) is 1. The molecule has 0 aromatic heterocycles. The number of nitrogens with zero attached hydrogens (tertiary/aromatic N) is 2. The number of ketones is 1. The fourth-order valence-electron chi connectivity index (χ4n) is 2.85. The zero-order valence-electron chi connectivity index (χ0n) is 13.2. The van der Waals surface area contributed by atoms with Crippen molar-refractivity contribution in [2.24, 2.45) is 17.6 Å². The summed E-state index contributed by atoms with van der Waals surface area (Å²) in [5.74, 6) is 0.674. The summed E-state index contributed by atoms with van der Waals surface area (Å²) in [4.78, 5) is 24.6. The summed E-state index contributed by atoms with van der Waals surface area (Å²) in [5, 5.41) is 11.3. The molecule has 23 heavy (non-hydrogen) atoms. The molecule has 0 saturated carbocycles. The third kappa shape index (κ3) is 4.56. The normalized spacial score (nSPS) is 19.7. The first kappa shape index (κ1) is 21.6. The first-order chi connectivity index (χ1) is 9.97.